The molecule has 0 unspecified atom stereocenters. The number of carboxylic acids is 1. The zero-order valence-corrected chi connectivity index (χ0v) is 14.4. The summed E-state index contributed by atoms with van der Waals surface area (Å²) in [5.74, 6) is 0.149. The summed E-state index contributed by atoms with van der Waals surface area (Å²) in [5, 5.41) is 8.61. The number of benzene rings is 1. The minimum Gasteiger partial charge on any atom is -0.481 e. The molecule has 1 aromatic rings. The van der Waals surface area contributed by atoms with Crippen LogP contribution >= 0.6 is 0 Å². The second kappa shape index (κ2) is 8.97. The second-order valence-electron chi connectivity index (χ2n) is 6.81. The Hall–Kier alpha value is -1.91. The summed E-state index contributed by atoms with van der Waals surface area (Å²) in [6, 6.07) is 10.2. The lowest BCUT2D eigenvalue weighted by atomic mass is 9.78. The predicted molar refractivity (Wildman–Crippen MR) is 96.1 cm³/mol. The molecule has 2 bridgehead atoms. The Morgan fingerprint density at radius 1 is 1.12 bits per heavy atom. The lowest BCUT2D eigenvalue weighted by molar-refractivity contribution is -0.136. The summed E-state index contributed by atoms with van der Waals surface area (Å²) >= 11 is 0. The van der Waals surface area contributed by atoms with Crippen LogP contribution in [0.4, 0.5) is 0 Å². The molecule has 1 aromatic carbocycles. The van der Waals surface area contributed by atoms with Gasteiger partial charge < -0.3 is 14.6 Å². The van der Waals surface area contributed by atoms with Gasteiger partial charge in [-0.25, -0.2) is 0 Å². The molecule has 2 fully saturated rings. The van der Waals surface area contributed by atoms with Crippen molar-refractivity contribution in [1.82, 2.24) is 0 Å². The second-order valence-corrected chi connectivity index (χ2v) is 6.81. The van der Waals surface area contributed by atoms with Gasteiger partial charge in [0.2, 0.25) is 0 Å². The van der Waals surface area contributed by atoms with E-state index in [0.29, 0.717) is 30.7 Å². The van der Waals surface area contributed by atoms with E-state index >= 15 is 0 Å². The molecule has 4 atom stereocenters. The Morgan fingerprint density at radius 3 is 2.60 bits per heavy atom. The van der Waals surface area contributed by atoms with Crippen molar-refractivity contribution >= 4 is 5.97 Å². The highest BCUT2D eigenvalue weighted by molar-refractivity contribution is 5.68. The molecule has 0 saturated carbocycles. The number of allylic oxidation sites excluding steroid dienone is 3. The van der Waals surface area contributed by atoms with E-state index in [0.717, 1.165) is 25.9 Å². The zero-order chi connectivity index (χ0) is 17.5. The zero-order valence-electron chi connectivity index (χ0n) is 14.4. The molecule has 0 radical (unpaired) electrons. The van der Waals surface area contributed by atoms with Crippen molar-refractivity contribution in [3.05, 3.63) is 60.2 Å². The van der Waals surface area contributed by atoms with Gasteiger partial charge in [-0.05, 0) is 30.7 Å². The number of carbonyl (C=O) groups is 1. The fourth-order valence-electron chi connectivity index (χ4n) is 3.88. The van der Waals surface area contributed by atoms with Gasteiger partial charge in [0.25, 0.3) is 0 Å². The maximum Gasteiger partial charge on any atom is 0.307 e. The number of carboxylic acid groups (broad SMARTS) is 1. The molecule has 2 aliphatic heterocycles. The minimum atomic E-state index is -0.804. The normalized spacial score (nSPS) is 28.3. The van der Waals surface area contributed by atoms with Gasteiger partial charge in [0.05, 0.1) is 31.8 Å². The number of rotatable bonds is 9. The lowest BCUT2D eigenvalue weighted by Crippen LogP contribution is -2.30. The number of fused-ring (bicyclic) bond motifs is 2. The van der Waals surface area contributed by atoms with E-state index in [-0.39, 0.29) is 6.42 Å². The van der Waals surface area contributed by atoms with E-state index in [2.05, 4.69) is 18.2 Å². The average molecular weight is 342 g/mol. The Morgan fingerprint density at radius 2 is 1.84 bits per heavy atom. The van der Waals surface area contributed by atoms with Gasteiger partial charge in [-0.1, -0.05) is 54.6 Å². The molecule has 4 nitrogen and oxygen atoms in total. The Kier molecular flexibility index (Phi) is 6.42. The molecular formula is C21H26O4. The highest BCUT2D eigenvalue weighted by atomic mass is 16.5. The van der Waals surface area contributed by atoms with E-state index in [1.807, 2.05) is 30.4 Å². The fourth-order valence-corrected chi connectivity index (χ4v) is 3.88. The summed E-state index contributed by atoms with van der Waals surface area (Å²) in [4.78, 5) is 10.5. The monoisotopic (exact) mass is 342 g/mol. The lowest BCUT2D eigenvalue weighted by Gasteiger charge is -2.27. The predicted octanol–water partition coefficient (Wildman–Crippen LogP) is 3.97. The molecule has 3 rings (SSSR count). The third kappa shape index (κ3) is 5.03. The Bertz CT molecular complexity index is 608. The smallest absolute Gasteiger partial charge is 0.307 e. The van der Waals surface area contributed by atoms with Gasteiger partial charge in [0.15, 0.2) is 0 Å². The van der Waals surface area contributed by atoms with Gasteiger partial charge in [-0.3, -0.25) is 4.79 Å². The van der Waals surface area contributed by atoms with E-state index < -0.39 is 5.97 Å². The number of hydrogen-bond donors (Lipinski definition) is 1. The highest BCUT2D eigenvalue weighted by Crippen LogP contribution is 2.45. The van der Waals surface area contributed by atoms with Gasteiger partial charge in [-0.2, -0.15) is 0 Å². The molecule has 0 spiro atoms. The standard InChI is InChI=1S/C21H26O4/c22-21(23)11-7-2-1-6-10-17-18(20-13-12-19(17)25-20)15-24-14-16-8-4-3-5-9-16/h1-9,17-20H,10-15H2,(H,22,23)/t17-,18+,19-,20+/m0/s1. The van der Waals surface area contributed by atoms with Crippen molar-refractivity contribution in [1.29, 1.82) is 0 Å². The van der Waals surface area contributed by atoms with E-state index in [1.54, 1.807) is 6.08 Å². The summed E-state index contributed by atoms with van der Waals surface area (Å²) < 4.78 is 12.1. The molecule has 2 aliphatic rings. The molecule has 2 heterocycles. The third-order valence-corrected chi connectivity index (χ3v) is 5.10. The van der Waals surface area contributed by atoms with E-state index in [1.165, 1.54) is 5.56 Å². The number of ether oxygens (including phenoxy) is 2. The van der Waals surface area contributed by atoms with Crippen LogP contribution in [0, 0.1) is 11.8 Å². The van der Waals surface area contributed by atoms with Crippen LogP contribution in [0.1, 0.15) is 31.2 Å². The number of aliphatic carboxylic acids is 1. The summed E-state index contributed by atoms with van der Waals surface area (Å²) in [6.45, 7) is 1.39. The first kappa shape index (κ1) is 17.9. The van der Waals surface area contributed by atoms with Crippen LogP contribution in [-0.4, -0.2) is 29.9 Å². The SMILES string of the molecule is O=C(O)CC=CC=CC[C@H]1[C@@H](COCc2ccccc2)[C@H]2CC[C@@H]1O2. The van der Waals surface area contributed by atoms with E-state index in [4.69, 9.17) is 14.6 Å². The molecule has 134 valence electrons. The fraction of sp³-hybridized carbons (Fsp3) is 0.476. The highest BCUT2D eigenvalue weighted by Gasteiger charge is 2.48. The topological polar surface area (TPSA) is 55.8 Å². The molecule has 4 heteroatoms. The van der Waals surface area contributed by atoms with Gasteiger partial charge in [0.1, 0.15) is 0 Å². The van der Waals surface area contributed by atoms with Crippen molar-refractivity contribution in [3.63, 3.8) is 0 Å². The summed E-state index contributed by atoms with van der Waals surface area (Å²) in [7, 11) is 0. The summed E-state index contributed by atoms with van der Waals surface area (Å²) in [6.07, 6.45) is 11.5. The van der Waals surface area contributed by atoms with Crippen molar-refractivity contribution in [2.24, 2.45) is 11.8 Å². The first-order chi connectivity index (χ1) is 12.2. The molecule has 0 aromatic heterocycles. The first-order valence-electron chi connectivity index (χ1n) is 9.04. The summed E-state index contributed by atoms with van der Waals surface area (Å²) in [5.41, 5.74) is 1.20. The van der Waals surface area contributed by atoms with Gasteiger partial charge in [-0.15, -0.1) is 0 Å². The Balaban J connectivity index is 1.47. The van der Waals surface area contributed by atoms with Crippen LogP contribution in [0.3, 0.4) is 0 Å². The van der Waals surface area contributed by atoms with Crippen molar-refractivity contribution in [3.8, 4) is 0 Å². The van der Waals surface area contributed by atoms with Crippen LogP contribution < -0.4 is 0 Å². The van der Waals surface area contributed by atoms with Gasteiger partial charge in [0, 0.05) is 5.92 Å². The van der Waals surface area contributed by atoms with E-state index in [9.17, 15) is 4.79 Å². The van der Waals surface area contributed by atoms with Crippen molar-refractivity contribution in [2.75, 3.05) is 6.61 Å². The van der Waals surface area contributed by atoms with Crippen LogP contribution in [-0.2, 0) is 20.9 Å². The average Bonchev–Trinajstić information content (AvgIpc) is 3.21. The van der Waals surface area contributed by atoms with Crippen molar-refractivity contribution in [2.45, 2.75) is 44.5 Å². The molecule has 0 amide bonds. The largest absolute Gasteiger partial charge is 0.481 e. The molecule has 1 N–H and O–H groups in total. The molecule has 2 saturated heterocycles. The molecular weight excluding hydrogens is 316 g/mol. The van der Waals surface area contributed by atoms with Crippen LogP contribution in [0.25, 0.3) is 0 Å². The Labute approximate surface area is 149 Å². The maximum atomic E-state index is 10.5. The molecule has 25 heavy (non-hydrogen) atoms. The van der Waals surface area contributed by atoms with Crippen LogP contribution in [0.2, 0.25) is 0 Å². The third-order valence-electron chi connectivity index (χ3n) is 5.10. The van der Waals surface area contributed by atoms with Crippen LogP contribution in [0.5, 0.6) is 0 Å². The van der Waals surface area contributed by atoms with Gasteiger partial charge >= 0.3 is 5.97 Å². The van der Waals surface area contributed by atoms with Crippen molar-refractivity contribution < 1.29 is 19.4 Å². The molecule has 0 aliphatic carbocycles. The first-order valence-corrected chi connectivity index (χ1v) is 9.04. The number of hydrogen-bond acceptors (Lipinski definition) is 3. The maximum absolute atomic E-state index is 10.5. The van der Waals surface area contributed by atoms with Crippen LogP contribution in [0.15, 0.2) is 54.6 Å². The quantitative estimate of drug-likeness (QED) is 0.690. The minimum absolute atomic E-state index is 0.0670.